The molecule has 3 N–H and O–H groups in total. The van der Waals surface area contributed by atoms with Gasteiger partial charge in [0.2, 0.25) is 5.91 Å². The second-order valence-corrected chi connectivity index (χ2v) is 7.90. The highest BCUT2D eigenvalue weighted by atomic mass is 16.7. The minimum Gasteiger partial charge on any atom is -0.359 e. The molecule has 0 saturated carbocycles. The summed E-state index contributed by atoms with van der Waals surface area (Å²) in [5.74, 6) is 4.86. The number of aromatic nitrogens is 2. The van der Waals surface area contributed by atoms with E-state index in [0.29, 0.717) is 5.56 Å². The number of imidazole rings is 1. The highest BCUT2D eigenvalue weighted by molar-refractivity contribution is 5.94. The molecule has 0 bridgehead atoms. The zero-order chi connectivity index (χ0) is 25.0. The third-order valence-electron chi connectivity index (χ3n) is 5.22. The van der Waals surface area contributed by atoms with Crippen molar-refractivity contribution in [2.45, 2.75) is 19.4 Å². The number of hydroxylamine groups is 1. The van der Waals surface area contributed by atoms with Crippen LogP contribution >= 0.6 is 0 Å². The van der Waals surface area contributed by atoms with Gasteiger partial charge in [0, 0.05) is 47.8 Å². The van der Waals surface area contributed by atoms with E-state index < -0.39 is 17.9 Å². The summed E-state index contributed by atoms with van der Waals surface area (Å²) in [6.45, 7) is 1.87. The van der Waals surface area contributed by atoms with Gasteiger partial charge in [-0.3, -0.25) is 14.8 Å². The van der Waals surface area contributed by atoms with Crippen LogP contribution in [0, 0.1) is 17.8 Å². The van der Waals surface area contributed by atoms with E-state index in [4.69, 9.17) is 14.7 Å². The number of amides is 2. The van der Waals surface area contributed by atoms with E-state index in [9.17, 15) is 9.59 Å². The largest absolute Gasteiger partial charge is 0.359 e. The molecule has 0 unspecified atom stereocenters. The number of nitrogens with one attached hydrogen (secondary N) is 2. The van der Waals surface area contributed by atoms with Crippen molar-refractivity contribution in [3.63, 3.8) is 0 Å². The fourth-order valence-corrected chi connectivity index (χ4v) is 3.33. The Kier molecular flexibility index (Phi) is 9.57. The second kappa shape index (κ2) is 13.1. The van der Waals surface area contributed by atoms with Crippen molar-refractivity contribution in [3.8, 4) is 17.5 Å². The van der Waals surface area contributed by atoms with Crippen LogP contribution in [-0.4, -0.2) is 53.1 Å². The molecule has 2 aromatic carbocycles. The molecule has 9 heteroatoms. The molecule has 3 aromatic rings. The summed E-state index contributed by atoms with van der Waals surface area (Å²) in [7, 11) is 1.50. The summed E-state index contributed by atoms with van der Waals surface area (Å²) < 4.78 is 12.2. The average molecular weight is 477 g/mol. The number of methoxy groups -OCH3 is 1. The number of hydrogen-bond donors (Lipinski definition) is 3. The SMILES string of the molecule is COCOC[C@H](C[C@H](C)C(=O)NO)NC(=O)c1ccc(C#Cc2ccc(-n3ccnc3)cc2)cc1. The van der Waals surface area contributed by atoms with E-state index in [1.54, 1.807) is 49.2 Å². The molecule has 2 atom stereocenters. The van der Waals surface area contributed by atoms with Crippen molar-refractivity contribution in [1.82, 2.24) is 20.3 Å². The van der Waals surface area contributed by atoms with Gasteiger partial charge in [0.15, 0.2) is 0 Å². The van der Waals surface area contributed by atoms with Crippen LogP contribution in [0.5, 0.6) is 0 Å². The summed E-state index contributed by atoms with van der Waals surface area (Å²) >= 11 is 0. The predicted octanol–water partition coefficient (Wildman–Crippen LogP) is 2.52. The van der Waals surface area contributed by atoms with Gasteiger partial charge in [-0.25, -0.2) is 10.5 Å². The first-order valence-corrected chi connectivity index (χ1v) is 11.0. The van der Waals surface area contributed by atoms with Crippen molar-refractivity contribution < 1.29 is 24.3 Å². The number of benzene rings is 2. The molecule has 0 fully saturated rings. The monoisotopic (exact) mass is 476 g/mol. The zero-order valence-electron chi connectivity index (χ0n) is 19.6. The molecule has 1 aromatic heterocycles. The summed E-state index contributed by atoms with van der Waals surface area (Å²) in [5.41, 5.74) is 4.73. The Balaban J connectivity index is 1.61. The molecule has 1 heterocycles. The second-order valence-electron chi connectivity index (χ2n) is 7.90. The van der Waals surface area contributed by atoms with Crippen molar-refractivity contribution in [2.75, 3.05) is 20.5 Å². The molecular formula is C26H28N4O5. The Labute approximate surface area is 204 Å². The van der Waals surface area contributed by atoms with Crippen LogP contribution < -0.4 is 10.8 Å². The fraction of sp³-hybridized carbons (Fsp3) is 0.269. The molecular weight excluding hydrogens is 448 g/mol. The molecule has 0 aliphatic carbocycles. The Bertz CT molecular complexity index is 1150. The van der Waals surface area contributed by atoms with Gasteiger partial charge in [0.05, 0.1) is 19.0 Å². The average Bonchev–Trinajstić information content (AvgIpc) is 3.42. The molecule has 3 rings (SSSR count). The lowest BCUT2D eigenvalue weighted by atomic mass is 10.0. The van der Waals surface area contributed by atoms with Gasteiger partial charge in [0.25, 0.3) is 5.91 Å². The first-order chi connectivity index (χ1) is 17.0. The fourth-order valence-electron chi connectivity index (χ4n) is 3.33. The predicted molar refractivity (Wildman–Crippen MR) is 129 cm³/mol. The van der Waals surface area contributed by atoms with Crippen molar-refractivity contribution in [3.05, 3.63) is 83.9 Å². The van der Waals surface area contributed by atoms with E-state index in [1.807, 2.05) is 35.0 Å². The van der Waals surface area contributed by atoms with Gasteiger partial charge in [-0.1, -0.05) is 18.8 Å². The van der Waals surface area contributed by atoms with Gasteiger partial charge in [-0.2, -0.15) is 0 Å². The third-order valence-corrected chi connectivity index (χ3v) is 5.22. The first-order valence-electron chi connectivity index (χ1n) is 11.0. The summed E-state index contributed by atoms with van der Waals surface area (Å²) in [6, 6.07) is 14.3. The van der Waals surface area contributed by atoms with E-state index in [2.05, 4.69) is 22.1 Å². The van der Waals surface area contributed by atoms with Crippen LogP contribution in [0.15, 0.2) is 67.3 Å². The van der Waals surface area contributed by atoms with Gasteiger partial charge < -0.3 is 19.4 Å². The molecule has 182 valence electrons. The number of nitrogens with zero attached hydrogens (tertiary/aromatic N) is 2. The number of hydrogen-bond acceptors (Lipinski definition) is 6. The van der Waals surface area contributed by atoms with Crippen LogP contribution in [0.2, 0.25) is 0 Å². The van der Waals surface area contributed by atoms with Crippen LogP contribution in [0.25, 0.3) is 5.69 Å². The lowest BCUT2D eigenvalue weighted by molar-refractivity contribution is -0.133. The van der Waals surface area contributed by atoms with Crippen LogP contribution in [-0.2, 0) is 14.3 Å². The summed E-state index contributed by atoms with van der Waals surface area (Å²) in [4.78, 5) is 28.4. The van der Waals surface area contributed by atoms with Crippen LogP contribution in [0.1, 0.15) is 34.8 Å². The molecule has 2 amide bonds. The van der Waals surface area contributed by atoms with E-state index in [-0.39, 0.29) is 25.7 Å². The van der Waals surface area contributed by atoms with Gasteiger partial charge >= 0.3 is 0 Å². The summed E-state index contributed by atoms with van der Waals surface area (Å²) in [6.07, 6.45) is 5.62. The number of carbonyl (C=O) groups excluding carboxylic acids is 2. The van der Waals surface area contributed by atoms with Crippen molar-refractivity contribution in [2.24, 2.45) is 5.92 Å². The highest BCUT2D eigenvalue weighted by Gasteiger charge is 2.21. The van der Waals surface area contributed by atoms with Gasteiger partial charge in [-0.15, -0.1) is 0 Å². The first kappa shape index (κ1) is 25.6. The molecule has 0 spiro atoms. The van der Waals surface area contributed by atoms with Gasteiger partial charge in [-0.05, 0) is 55.0 Å². The third kappa shape index (κ3) is 7.79. The van der Waals surface area contributed by atoms with Crippen LogP contribution in [0.3, 0.4) is 0 Å². The molecule has 0 radical (unpaired) electrons. The minimum absolute atomic E-state index is 0.0621. The lowest BCUT2D eigenvalue weighted by Crippen LogP contribution is -2.41. The topological polar surface area (TPSA) is 115 Å². The quantitative estimate of drug-likeness (QED) is 0.136. The molecule has 0 saturated heterocycles. The zero-order valence-corrected chi connectivity index (χ0v) is 19.6. The number of ether oxygens (including phenoxy) is 2. The number of rotatable bonds is 10. The van der Waals surface area contributed by atoms with Crippen molar-refractivity contribution >= 4 is 11.8 Å². The Morgan fingerprint density at radius 3 is 2.31 bits per heavy atom. The Morgan fingerprint density at radius 2 is 1.74 bits per heavy atom. The molecule has 0 aliphatic heterocycles. The van der Waals surface area contributed by atoms with Crippen LogP contribution in [0.4, 0.5) is 0 Å². The summed E-state index contributed by atoms with van der Waals surface area (Å²) in [5, 5.41) is 11.7. The smallest absolute Gasteiger partial charge is 0.251 e. The molecule has 0 aliphatic rings. The molecule has 9 nitrogen and oxygen atoms in total. The number of carbonyl (C=O) groups is 2. The lowest BCUT2D eigenvalue weighted by Gasteiger charge is -2.21. The molecule has 35 heavy (non-hydrogen) atoms. The maximum Gasteiger partial charge on any atom is 0.251 e. The van der Waals surface area contributed by atoms with E-state index >= 15 is 0 Å². The standard InChI is InChI=1S/C26H28N4O5/c1-19(25(31)29-33)15-23(16-35-18-34-2)28-26(32)22-9-5-20(6-10-22)3-4-21-7-11-24(12-8-21)30-14-13-27-17-30/h5-14,17,19,23,33H,15-16,18H2,1-2H3,(H,28,32)(H,29,31)/t19-,23-/m0/s1. The van der Waals surface area contributed by atoms with Gasteiger partial charge in [0.1, 0.15) is 6.79 Å². The Hall–Kier alpha value is -3.97. The van der Waals surface area contributed by atoms with E-state index in [1.165, 1.54) is 7.11 Å². The maximum absolute atomic E-state index is 12.7. The normalized spacial score (nSPS) is 12.2. The highest BCUT2D eigenvalue weighted by Crippen LogP contribution is 2.11. The van der Waals surface area contributed by atoms with Crippen molar-refractivity contribution in [1.29, 1.82) is 0 Å². The Morgan fingerprint density at radius 1 is 1.09 bits per heavy atom. The van der Waals surface area contributed by atoms with E-state index in [0.717, 1.165) is 16.8 Å². The maximum atomic E-state index is 12.7. The minimum atomic E-state index is -0.532.